The van der Waals surface area contributed by atoms with E-state index in [4.69, 9.17) is 0 Å². The molecule has 0 amide bonds. The van der Waals surface area contributed by atoms with Crippen molar-refractivity contribution in [2.45, 2.75) is 31.6 Å². The summed E-state index contributed by atoms with van der Waals surface area (Å²) < 4.78 is 38.6. The molecule has 3 heterocycles. The first-order chi connectivity index (χ1) is 12.0. The van der Waals surface area contributed by atoms with Crippen molar-refractivity contribution in [2.75, 3.05) is 18.0 Å². The van der Waals surface area contributed by atoms with Crippen molar-refractivity contribution < 1.29 is 13.2 Å². The molecule has 134 valence electrons. The van der Waals surface area contributed by atoms with Gasteiger partial charge in [0.05, 0.1) is 6.54 Å². The van der Waals surface area contributed by atoms with Gasteiger partial charge in [-0.3, -0.25) is 0 Å². The second kappa shape index (κ2) is 6.33. The number of pyridine rings is 1. The molecule has 1 aliphatic carbocycles. The molecule has 1 aliphatic heterocycles. The number of anilines is 1. The Bertz CT molecular complexity index is 715. The van der Waals surface area contributed by atoms with Crippen LogP contribution in [0.4, 0.5) is 19.0 Å². The minimum Gasteiger partial charge on any atom is -0.356 e. The molecule has 2 aromatic heterocycles. The quantitative estimate of drug-likeness (QED) is 0.889. The summed E-state index contributed by atoms with van der Waals surface area (Å²) in [7, 11) is 0. The number of imidazole rings is 1. The normalized spacial score (nSPS) is 26.2. The number of hydrogen-bond acceptors (Lipinski definition) is 4. The molecule has 2 fully saturated rings. The van der Waals surface area contributed by atoms with Crippen molar-refractivity contribution in [3.05, 3.63) is 42.1 Å². The minimum atomic E-state index is -4.40. The lowest BCUT2D eigenvalue weighted by Gasteiger charge is -2.22. The molecule has 8 heteroatoms. The predicted molar refractivity (Wildman–Crippen MR) is 86.9 cm³/mol. The second-order valence-corrected chi connectivity index (χ2v) is 6.81. The van der Waals surface area contributed by atoms with Crippen molar-refractivity contribution >= 4 is 5.82 Å². The fourth-order valence-corrected chi connectivity index (χ4v) is 4.09. The number of nitrogens with one attached hydrogen (secondary N) is 2. The minimum absolute atomic E-state index is 0.367. The zero-order valence-corrected chi connectivity index (χ0v) is 13.6. The molecule has 0 spiro atoms. The molecular weight excluding hydrogens is 331 g/mol. The largest absolute Gasteiger partial charge is 0.433 e. The van der Waals surface area contributed by atoms with Gasteiger partial charge in [0.2, 0.25) is 0 Å². The Morgan fingerprint density at radius 2 is 2.12 bits per heavy atom. The molecule has 25 heavy (non-hydrogen) atoms. The number of aromatic amines is 1. The van der Waals surface area contributed by atoms with Crippen LogP contribution >= 0.6 is 0 Å². The maximum Gasteiger partial charge on any atom is 0.433 e. The molecule has 3 atom stereocenters. The molecule has 4 rings (SSSR count). The van der Waals surface area contributed by atoms with Gasteiger partial charge in [0.25, 0.3) is 0 Å². The van der Waals surface area contributed by atoms with Crippen molar-refractivity contribution in [3.8, 4) is 0 Å². The highest BCUT2D eigenvalue weighted by Crippen LogP contribution is 2.40. The van der Waals surface area contributed by atoms with E-state index in [9.17, 15) is 13.2 Å². The summed E-state index contributed by atoms with van der Waals surface area (Å²) >= 11 is 0. The van der Waals surface area contributed by atoms with Crippen LogP contribution in [0.5, 0.6) is 0 Å². The number of hydrogen-bond donors (Lipinski definition) is 2. The van der Waals surface area contributed by atoms with Crippen molar-refractivity contribution in [3.63, 3.8) is 0 Å². The van der Waals surface area contributed by atoms with Gasteiger partial charge >= 0.3 is 6.18 Å². The van der Waals surface area contributed by atoms with Gasteiger partial charge in [0.1, 0.15) is 17.3 Å². The fraction of sp³-hybridized carbons (Fsp3) is 0.529. The van der Waals surface area contributed by atoms with Gasteiger partial charge in [-0.15, -0.1) is 0 Å². The molecule has 0 radical (unpaired) electrons. The van der Waals surface area contributed by atoms with E-state index in [1.54, 1.807) is 18.5 Å². The first kappa shape index (κ1) is 16.4. The topological polar surface area (TPSA) is 56.8 Å². The molecule has 0 unspecified atom stereocenters. The van der Waals surface area contributed by atoms with Crippen LogP contribution in [-0.2, 0) is 12.7 Å². The third kappa shape index (κ3) is 3.35. The van der Waals surface area contributed by atoms with E-state index in [0.717, 1.165) is 37.8 Å². The van der Waals surface area contributed by atoms with E-state index in [1.807, 2.05) is 4.90 Å². The monoisotopic (exact) mass is 351 g/mol. The Morgan fingerprint density at radius 1 is 1.24 bits per heavy atom. The van der Waals surface area contributed by atoms with Gasteiger partial charge in [0, 0.05) is 31.5 Å². The van der Waals surface area contributed by atoms with E-state index < -0.39 is 11.9 Å². The average Bonchev–Trinajstić information content (AvgIpc) is 3.30. The zero-order chi connectivity index (χ0) is 17.4. The van der Waals surface area contributed by atoms with E-state index in [2.05, 4.69) is 20.3 Å². The van der Waals surface area contributed by atoms with Gasteiger partial charge in [-0.2, -0.15) is 13.2 Å². The fourth-order valence-electron chi connectivity index (χ4n) is 4.09. The Morgan fingerprint density at radius 3 is 2.88 bits per heavy atom. The third-order valence-corrected chi connectivity index (χ3v) is 5.29. The van der Waals surface area contributed by atoms with Crippen molar-refractivity contribution in [2.24, 2.45) is 11.8 Å². The first-order valence-electron chi connectivity index (χ1n) is 8.51. The second-order valence-electron chi connectivity index (χ2n) is 6.81. The van der Waals surface area contributed by atoms with Gasteiger partial charge < -0.3 is 15.2 Å². The maximum atomic E-state index is 12.9. The molecule has 1 saturated heterocycles. The molecular formula is C17H20F3N5. The summed E-state index contributed by atoms with van der Waals surface area (Å²) in [6, 6.07) is 4.49. The standard InChI is InChI=1S/C17H20F3N5/c18-17(19,20)14-2-1-3-16(24-14)25-9-11-4-5-13(12(11)10-25)23-8-15-21-6-7-22-15/h1-3,6-7,11-13,23H,4-5,8-10H2,(H,21,22)/t11-,12+,13+/m1/s1. The number of aromatic nitrogens is 3. The number of rotatable bonds is 4. The number of nitrogens with zero attached hydrogens (tertiary/aromatic N) is 3. The Hall–Kier alpha value is -2.09. The number of fused-ring (bicyclic) bond motifs is 1. The van der Waals surface area contributed by atoms with Crippen LogP contribution in [0.1, 0.15) is 24.4 Å². The molecule has 1 saturated carbocycles. The van der Waals surface area contributed by atoms with Crippen molar-refractivity contribution in [1.29, 1.82) is 0 Å². The lowest BCUT2D eigenvalue weighted by atomic mass is 9.98. The smallest absolute Gasteiger partial charge is 0.356 e. The average molecular weight is 351 g/mol. The summed E-state index contributed by atoms with van der Waals surface area (Å²) in [5.74, 6) is 2.27. The third-order valence-electron chi connectivity index (χ3n) is 5.29. The van der Waals surface area contributed by atoms with Crippen LogP contribution < -0.4 is 10.2 Å². The lowest BCUT2D eigenvalue weighted by Crippen LogP contribution is -2.35. The lowest BCUT2D eigenvalue weighted by molar-refractivity contribution is -0.141. The highest BCUT2D eigenvalue weighted by molar-refractivity contribution is 5.42. The molecule has 5 nitrogen and oxygen atoms in total. The Labute approximate surface area is 143 Å². The van der Waals surface area contributed by atoms with Gasteiger partial charge in [0.15, 0.2) is 0 Å². The van der Waals surface area contributed by atoms with Crippen LogP contribution in [0, 0.1) is 11.8 Å². The van der Waals surface area contributed by atoms with Gasteiger partial charge in [-0.25, -0.2) is 9.97 Å². The summed E-state index contributed by atoms with van der Waals surface area (Å²) in [6.45, 7) is 2.20. The highest BCUT2D eigenvalue weighted by atomic mass is 19.4. The SMILES string of the molecule is FC(F)(F)c1cccc(N2C[C@H]3CC[C@H](NCc4ncc[nH]4)[C@H]3C2)n1. The molecule has 0 aromatic carbocycles. The van der Waals surface area contributed by atoms with Crippen LogP contribution in [0.2, 0.25) is 0 Å². The van der Waals surface area contributed by atoms with E-state index in [0.29, 0.717) is 30.2 Å². The predicted octanol–water partition coefficient (Wildman–Crippen LogP) is 2.83. The highest BCUT2D eigenvalue weighted by Gasteiger charge is 2.43. The van der Waals surface area contributed by atoms with E-state index in [-0.39, 0.29) is 0 Å². The summed E-state index contributed by atoms with van der Waals surface area (Å²) in [6.07, 6.45) is 1.31. The van der Waals surface area contributed by atoms with E-state index >= 15 is 0 Å². The maximum absolute atomic E-state index is 12.9. The number of halogens is 3. The Kier molecular flexibility index (Phi) is 4.15. The van der Waals surface area contributed by atoms with Gasteiger partial charge in [-0.05, 0) is 36.8 Å². The van der Waals surface area contributed by atoms with Gasteiger partial charge in [-0.1, -0.05) is 6.07 Å². The van der Waals surface area contributed by atoms with Crippen molar-refractivity contribution in [1.82, 2.24) is 20.3 Å². The first-order valence-corrected chi connectivity index (χ1v) is 8.51. The summed E-state index contributed by atoms with van der Waals surface area (Å²) in [4.78, 5) is 13.1. The number of alkyl halides is 3. The Balaban J connectivity index is 1.42. The summed E-state index contributed by atoms with van der Waals surface area (Å²) in [5, 5.41) is 3.54. The molecule has 0 bridgehead atoms. The summed E-state index contributed by atoms with van der Waals surface area (Å²) in [5.41, 5.74) is -0.824. The van der Waals surface area contributed by atoms with Crippen LogP contribution in [-0.4, -0.2) is 34.1 Å². The zero-order valence-electron chi connectivity index (χ0n) is 13.6. The van der Waals surface area contributed by atoms with Crippen LogP contribution in [0.15, 0.2) is 30.6 Å². The molecule has 2 N–H and O–H groups in total. The molecule has 2 aliphatic rings. The molecule has 2 aromatic rings. The van der Waals surface area contributed by atoms with Crippen LogP contribution in [0.3, 0.4) is 0 Å². The van der Waals surface area contributed by atoms with Crippen LogP contribution in [0.25, 0.3) is 0 Å². The number of H-pyrrole nitrogens is 1. The van der Waals surface area contributed by atoms with E-state index in [1.165, 1.54) is 6.07 Å².